The maximum atomic E-state index is 9.96. The number of rotatable bonds is 6. The van der Waals surface area contributed by atoms with Crippen molar-refractivity contribution in [3.63, 3.8) is 0 Å². The van der Waals surface area contributed by atoms with E-state index in [1.165, 1.54) is 0 Å². The number of hydrogen-bond acceptors (Lipinski definition) is 8. The average Bonchev–Trinajstić information content (AvgIpc) is 2.12. The van der Waals surface area contributed by atoms with Gasteiger partial charge in [-0.25, -0.2) is 0 Å². The normalized spacial score (nSPS) is 13.9. The van der Waals surface area contributed by atoms with Crippen LogP contribution in [0.4, 0.5) is 0 Å². The Hall–Kier alpha value is -0.697. The number of carbonyl (C=O) groups is 2. The minimum atomic E-state index is -4.27. The van der Waals surface area contributed by atoms with Gasteiger partial charge in [0, 0.05) is 19.5 Å². The molecule has 0 heterocycles. The molecule has 0 radical (unpaired) electrons. The van der Waals surface area contributed by atoms with E-state index >= 15 is 0 Å². The third-order valence-corrected chi connectivity index (χ3v) is 2.98. The van der Waals surface area contributed by atoms with Gasteiger partial charge in [-0.1, -0.05) is 0 Å². The van der Waals surface area contributed by atoms with Crippen LogP contribution in [0.15, 0.2) is 0 Å². The van der Waals surface area contributed by atoms with Crippen molar-refractivity contribution in [3.8, 4) is 0 Å². The summed E-state index contributed by atoms with van der Waals surface area (Å²) in [6.07, 6.45) is 0. The van der Waals surface area contributed by atoms with E-state index in [1.807, 2.05) is 0 Å². The molecule has 0 aliphatic heterocycles. The maximum Gasteiger partial charge on any atom is 0.321 e. The van der Waals surface area contributed by atoms with E-state index in [-0.39, 0.29) is 19.5 Å². The molecule has 0 aliphatic carbocycles. The molecular weight excluding hydrogens is 390 g/mol. The summed E-state index contributed by atoms with van der Waals surface area (Å²) >= 11 is 0. The second-order valence-corrected chi connectivity index (χ2v) is 6.38. The molecule has 12 nitrogen and oxygen atoms in total. The molecule has 15 heteroatoms. The molecule has 0 saturated carbocycles. The van der Waals surface area contributed by atoms with E-state index in [4.69, 9.17) is 30.8 Å². The molecule has 0 aromatic rings. The first-order chi connectivity index (χ1) is 8.65. The number of carboxylic acid groups (broad SMARTS) is 2. The zero-order valence-corrected chi connectivity index (χ0v) is 15.1. The molecule has 0 rings (SSSR count). The maximum absolute atomic E-state index is 9.96. The van der Waals surface area contributed by atoms with Crippen LogP contribution in [-0.2, 0) is 49.3 Å². The molecule has 122 valence electrons. The van der Waals surface area contributed by atoms with Gasteiger partial charge in [0.05, 0.1) is 0 Å². The summed E-state index contributed by atoms with van der Waals surface area (Å²) in [5.74, 6) is -4.83. The molecule has 0 amide bonds. The number of nitrogens with two attached hydrogens (primary N) is 2. The predicted molar refractivity (Wildman–Crippen MR) is 64.1 cm³/mol. The molecule has 2 atom stereocenters. The van der Waals surface area contributed by atoms with Gasteiger partial charge in [-0.3, -0.25) is 18.7 Å². The van der Waals surface area contributed by atoms with Gasteiger partial charge in [0.1, 0.15) is 23.6 Å². The summed E-state index contributed by atoms with van der Waals surface area (Å²) in [6.45, 7) is 0. The Morgan fingerprint density at radius 1 is 0.810 bits per heavy atom. The van der Waals surface area contributed by atoms with Gasteiger partial charge in [-0.15, -0.1) is 0 Å². The quantitative estimate of drug-likeness (QED) is 0.188. The van der Waals surface area contributed by atoms with Crippen molar-refractivity contribution in [2.75, 3.05) is 11.5 Å². The molecule has 0 aromatic heterocycles. The van der Waals surface area contributed by atoms with Crippen molar-refractivity contribution in [3.05, 3.63) is 0 Å². The first-order valence-corrected chi connectivity index (χ1v) is 7.74. The van der Waals surface area contributed by atoms with Crippen molar-refractivity contribution in [2.24, 2.45) is 11.5 Å². The van der Waals surface area contributed by atoms with E-state index < -0.39 is 55.8 Å². The zero-order valence-electron chi connectivity index (χ0n) is 10.5. The summed E-state index contributed by atoms with van der Waals surface area (Å²) < 4.78 is 56.0. The molecule has 0 saturated heterocycles. The Kier molecular flexibility index (Phi) is 12.2. The standard InChI is InChI=1S/2C3H7NO5S.Zn/c2*4-2(3(5)6)1-10(7,8)9;/h2*2H,1,4H2,(H,5,6)(H,7,8,9);/t2*2-;/m00./s1. The van der Waals surface area contributed by atoms with E-state index in [0.29, 0.717) is 0 Å². The summed E-state index contributed by atoms with van der Waals surface area (Å²) in [5, 5.41) is 16.1. The Labute approximate surface area is 132 Å². The van der Waals surface area contributed by atoms with Crippen LogP contribution in [0.2, 0.25) is 0 Å². The van der Waals surface area contributed by atoms with Crippen molar-refractivity contribution in [1.29, 1.82) is 0 Å². The molecule has 0 spiro atoms. The molecule has 0 aliphatic rings. The predicted octanol–water partition coefficient (Wildman–Crippen LogP) is -3.43. The molecule has 0 bridgehead atoms. The molecule has 8 N–H and O–H groups in total. The van der Waals surface area contributed by atoms with Gasteiger partial charge in [-0.2, -0.15) is 16.8 Å². The zero-order chi connectivity index (χ0) is 16.7. The topological polar surface area (TPSA) is 235 Å². The van der Waals surface area contributed by atoms with Crippen molar-refractivity contribution < 1.29 is 65.2 Å². The number of hydrogen-bond donors (Lipinski definition) is 6. The summed E-state index contributed by atoms with van der Waals surface area (Å²) in [4.78, 5) is 19.8. The second kappa shape index (κ2) is 10.1. The van der Waals surface area contributed by atoms with Crippen LogP contribution in [0.25, 0.3) is 0 Å². The van der Waals surface area contributed by atoms with Crippen molar-refractivity contribution in [2.45, 2.75) is 12.1 Å². The van der Waals surface area contributed by atoms with Gasteiger partial charge >= 0.3 is 11.9 Å². The Morgan fingerprint density at radius 2 is 1.00 bits per heavy atom. The molecule has 0 aromatic carbocycles. The Bertz CT molecular complexity index is 494. The molecular formula is C6H14N2O10S2Zn. The number of aliphatic carboxylic acids is 2. The Morgan fingerprint density at radius 3 is 1.05 bits per heavy atom. The van der Waals surface area contributed by atoms with Gasteiger partial charge < -0.3 is 21.7 Å². The van der Waals surface area contributed by atoms with Crippen LogP contribution in [0.1, 0.15) is 0 Å². The fourth-order valence-corrected chi connectivity index (χ4v) is 1.79. The van der Waals surface area contributed by atoms with Crippen molar-refractivity contribution in [1.82, 2.24) is 0 Å². The Balaban J connectivity index is -0.000000295. The van der Waals surface area contributed by atoms with E-state index in [0.717, 1.165) is 0 Å². The first kappa shape index (κ1) is 25.3. The summed E-state index contributed by atoms with van der Waals surface area (Å²) in [6, 6.07) is -3.12. The number of carboxylic acids is 2. The van der Waals surface area contributed by atoms with Crippen LogP contribution in [0, 0.1) is 0 Å². The van der Waals surface area contributed by atoms with Crippen LogP contribution in [0.5, 0.6) is 0 Å². The first-order valence-electron chi connectivity index (χ1n) is 4.53. The smallest absolute Gasteiger partial charge is 0.321 e. The van der Waals surface area contributed by atoms with Crippen molar-refractivity contribution >= 4 is 32.2 Å². The summed E-state index contributed by atoms with van der Waals surface area (Å²) in [7, 11) is -8.55. The van der Waals surface area contributed by atoms with Crippen LogP contribution >= 0.6 is 0 Å². The fourth-order valence-electron chi connectivity index (χ4n) is 0.596. The molecule has 0 fully saturated rings. The van der Waals surface area contributed by atoms with Gasteiger partial charge in [0.2, 0.25) is 0 Å². The van der Waals surface area contributed by atoms with E-state index in [1.54, 1.807) is 0 Å². The minimum Gasteiger partial charge on any atom is -0.480 e. The van der Waals surface area contributed by atoms with Gasteiger partial charge in [-0.05, 0) is 0 Å². The van der Waals surface area contributed by atoms with E-state index in [9.17, 15) is 26.4 Å². The van der Waals surface area contributed by atoms with Crippen LogP contribution < -0.4 is 11.5 Å². The third kappa shape index (κ3) is 19.3. The molecule has 21 heavy (non-hydrogen) atoms. The molecule has 0 unspecified atom stereocenters. The summed E-state index contributed by atoms with van der Waals surface area (Å²) in [5.41, 5.74) is 9.53. The fraction of sp³-hybridized carbons (Fsp3) is 0.667. The SMILES string of the molecule is N[C@@H](CS(=O)(=O)O)C(=O)O.N[C@@H](CS(=O)(=O)O)C(=O)O.[Zn]. The van der Waals surface area contributed by atoms with Gasteiger partial charge in [0.15, 0.2) is 0 Å². The monoisotopic (exact) mass is 402 g/mol. The van der Waals surface area contributed by atoms with E-state index in [2.05, 4.69) is 0 Å². The average molecular weight is 404 g/mol. The van der Waals surface area contributed by atoms with Crippen LogP contribution in [0.3, 0.4) is 0 Å². The minimum absolute atomic E-state index is 0. The second-order valence-electron chi connectivity index (χ2n) is 3.39. The van der Waals surface area contributed by atoms with Gasteiger partial charge in [0.25, 0.3) is 20.2 Å². The largest absolute Gasteiger partial charge is 0.480 e. The van der Waals surface area contributed by atoms with Crippen LogP contribution in [-0.4, -0.2) is 71.7 Å². The third-order valence-electron chi connectivity index (χ3n) is 1.41.